The minimum atomic E-state index is -3.59. The van der Waals surface area contributed by atoms with E-state index in [1.807, 2.05) is 0 Å². The first kappa shape index (κ1) is 14.5. The van der Waals surface area contributed by atoms with Crippen molar-refractivity contribution >= 4 is 16.0 Å². The number of sulfonamides is 1. The van der Waals surface area contributed by atoms with Crippen molar-refractivity contribution in [2.75, 3.05) is 7.11 Å². The molecule has 1 N–H and O–H groups in total. The fraction of sp³-hybridized carbons (Fsp3) is 0.533. The smallest absolute Gasteiger partial charge is 0.337 e. The van der Waals surface area contributed by atoms with E-state index in [0.717, 1.165) is 19.3 Å². The van der Waals surface area contributed by atoms with E-state index in [2.05, 4.69) is 9.46 Å². The van der Waals surface area contributed by atoms with Crippen LogP contribution in [0.1, 0.15) is 36.0 Å². The third kappa shape index (κ3) is 2.82. The van der Waals surface area contributed by atoms with Crippen molar-refractivity contribution in [3.8, 4) is 0 Å². The maximum absolute atomic E-state index is 12.5. The molecule has 5 nitrogen and oxygen atoms in total. The number of hydrogen-bond acceptors (Lipinski definition) is 4. The molecule has 6 heteroatoms. The highest BCUT2D eigenvalue weighted by Crippen LogP contribution is 2.44. The van der Waals surface area contributed by atoms with E-state index in [-0.39, 0.29) is 16.5 Å². The Morgan fingerprint density at radius 2 is 2.10 bits per heavy atom. The van der Waals surface area contributed by atoms with Crippen LogP contribution in [0.3, 0.4) is 0 Å². The lowest BCUT2D eigenvalue weighted by atomic mass is 9.96. The largest absolute Gasteiger partial charge is 0.465 e. The van der Waals surface area contributed by atoms with Crippen LogP contribution in [0.2, 0.25) is 0 Å². The van der Waals surface area contributed by atoms with E-state index in [1.165, 1.54) is 25.7 Å². The Morgan fingerprint density at radius 1 is 1.29 bits per heavy atom. The van der Waals surface area contributed by atoms with E-state index in [9.17, 15) is 13.2 Å². The Bertz CT molecular complexity index is 655. The Morgan fingerprint density at radius 3 is 2.71 bits per heavy atom. The molecule has 0 heterocycles. The summed E-state index contributed by atoms with van der Waals surface area (Å²) < 4.78 is 32.4. The second-order valence-electron chi connectivity index (χ2n) is 5.92. The molecule has 3 rings (SSSR count). The maximum atomic E-state index is 12.5. The fourth-order valence-corrected chi connectivity index (χ4v) is 4.93. The monoisotopic (exact) mass is 309 g/mol. The molecule has 2 fully saturated rings. The molecule has 2 aliphatic rings. The van der Waals surface area contributed by atoms with Crippen LogP contribution in [-0.4, -0.2) is 27.5 Å². The molecule has 1 aromatic rings. The highest BCUT2D eigenvalue weighted by Gasteiger charge is 2.41. The SMILES string of the molecule is COC(=O)c1cccc(S(=O)(=O)N[C@H]2C[C@@H]3CC[C@@H]2C3)c1. The number of carbonyl (C=O) groups excluding carboxylic acids is 1. The number of rotatable bonds is 4. The Kier molecular flexibility index (Phi) is 3.75. The Labute approximate surface area is 124 Å². The van der Waals surface area contributed by atoms with Crippen molar-refractivity contribution in [3.63, 3.8) is 0 Å². The third-order valence-corrected chi connectivity index (χ3v) is 6.10. The minimum Gasteiger partial charge on any atom is -0.465 e. The topological polar surface area (TPSA) is 72.5 Å². The first-order valence-electron chi connectivity index (χ1n) is 7.20. The highest BCUT2D eigenvalue weighted by molar-refractivity contribution is 7.89. The van der Waals surface area contributed by atoms with Crippen molar-refractivity contribution in [1.82, 2.24) is 4.72 Å². The second-order valence-corrected chi connectivity index (χ2v) is 7.64. The molecular formula is C15H19NO4S. The van der Waals surface area contributed by atoms with Gasteiger partial charge >= 0.3 is 5.97 Å². The summed E-state index contributed by atoms with van der Waals surface area (Å²) in [6.45, 7) is 0. The van der Waals surface area contributed by atoms with Crippen LogP contribution in [0.5, 0.6) is 0 Å². The van der Waals surface area contributed by atoms with Crippen LogP contribution >= 0.6 is 0 Å². The van der Waals surface area contributed by atoms with E-state index < -0.39 is 16.0 Å². The predicted molar refractivity (Wildman–Crippen MR) is 77.3 cm³/mol. The van der Waals surface area contributed by atoms with Gasteiger partial charge in [0.15, 0.2) is 0 Å². The van der Waals surface area contributed by atoms with Gasteiger partial charge in [-0.05, 0) is 49.3 Å². The molecule has 21 heavy (non-hydrogen) atoms. The summed E-state index contributed by atoms with van der Waals surface area (Å²) in [6.07, 6.45) is 4.40. The summed E-state index contributed by atoms with van der Waals surface area (Å²) >= 11 is 0. The van der Waals surface area contributed by atoms with Crippen molar-refractivity contribution in [2.45, 2.75) is 36.6 Å². The number of esters is 1. The average molecular weight is 309 g/mol. The van der Waals surface area contributed by atoms with Crippen LogP contribution in [0.4, 0.5) is 0 Å². The molecule has 1 aromatic carbocycles. The molecule has 0 saturated heterocycles. The fourth-order valence-electron chi connectivity index (χ4n) is 3.56. The number of methoxy groups -OCH3 is 1. The predicted octanol–water partition coefficient (Wildman–Crippen LogP) is 1.94. The molecule has 114 valence electrons. The van der Waals surface area contributed by atoms with E-state index in [4.69, 9.17) is 0 Å². The molecule has 3 atom stereocenters. The molecule has 0 aliphatic heterocycles. The number of nitrogens with one attached hydrogen (secondary N) is 1. The first-order valence-corrected chi connectivity index (χ1v) is 8.68. The van der Waals surface area contributed by atoms with Gasteiger partial charge in [-0.3, -0.25) is 0 Å². The number of fused-ring (bicyclic) bond motifs is 2. The molecule has 0 amide bonds. The van der Waals surface area contributed by atoms with Crippen molar-refractivity contribution in [1.29, 1.82) is 0 Å². The molecule has 2 aliphatic carbocycles. The summed E-state index contributed by atoms with van der Waals surface area (Å²) in [6, 6.07) is 6.00. The lowest BCUT2D eigenvalue weighted by Crippen LogP contribution is -2.38. The molecule has 2 saturated carbocycles. The minimum absolute atomic E-state index is 0.0375. The summed E-state index contributed by atoms with van der Waals surface area (Å²) in [4.78, 5) is 11.6. The molecule has 2 bridgehead atoms. The van der Waals surface area contributed by atoms with Gasteiger partial charge in [0.25, 0.3) is 0 Å². The summed E-state index contributed by atoms with van der Waals surface area (Å²) in [7, 11) is -2.31. The zero-order valence-electron chi connectivity index (χ0n) is 11.9. The molecule has 0 unspecified atom stereocenters. The molecule has 0 aromatic heterocycles. The lowest BCUT2D eigenvalue weighted by molar-refractivity contribution is 0.0600. The van der Waals surface area contributed by atoms with Gasteiger partial charge in [0.2, 0.25) is 10.0 Å². The zero-order chi connectivity index (χ0) is 15.0. The van der Waals surface area contributed by atoms with Gasteiger partial charge in [0, 0.05) is 6.04 Å². The van der Waals surface area contributed by atoms with E-state index in [0.29, 0.717) is 11.8 Å². The lowest BCUT2D eigenvalue weighted by Gasteiger charge is -2.22. The number of carbonyl (C=O) groups is 1. The number of ether oxygens (including phenoxy) is 1. The normalized spacial score (nSPS) is 27.8. The second kappa shape index (κ2) is 5.42. The molecular weight excluding hydrogens is 290 g/mol. The summed E-state index contributed by atoms with van der Waals surface area (Å²) in [5.74, 6) is 0.602. The van der Waals surface area contributed by atoms with E-state index in [1.54, 1.807) is 12.1 Å². The highest BCUT2D eigenvalue weighted by atomic mass is 32.2. The Hall–Kier alpha value is -1.40. The molecule has 0 radical (unpaired) electrons. The van der Waals surface area contributed by atoms with Gasteiger partial charge in [0.1, 0.15) is 0 Å². The number of benzene rings is 1. The average Bonchev–Trinajstić information content (AvgIpc) is 3.08. The van der Waals surface area contributed by atoms with E-state index >= 15 is 0 Å². The molecule has 0 spiro atoms. The standard InChI is InChI=1S/C15H19NO4S/c1-20-15(17)12-3-2-4-13(9-12)21(18,19)16-14-8-10-5-6-11(14)7-10/h2-4,9-11,14,16H,5-8H2,1H3/t10-,11-,14+/m1/s1. The van der Waals surface area contributed by atoms with Gasteiger partial charge in [-0.25, -0.2) is 17.9 Å². The van der Waals surface area contributed by atoms with Crippen LogP contribution in [0, 0.1) is 11.8 Å². The van der Waals surface area contributed by atoms with Crippen molar-refractivity contribution in [2.24, 2.45) is 11.8 Å². The summed E-state index contributed by atoms with van der Waals surface area (Å²) in [5.41, 5.74) is 0.244. The summed E-state index contributed by atoms with van der Waals surface area (Å²) in [5, 5.41) is 0. The third-order valence-electron chi connectivity index (χ3n) is 4.61. The number of hydrogen-bond donors (Lipinski definition) is 1. The Balaban J connectivity index is 1.80. The van der Waals surface area contributed by atoms with Gasteiger partial charge in [-0.15, -0.1) is 0 Å². The zero-order valence-corrected chi connectivity index (χ0v) is 12.7. The maximum Gasteiger partial charge on any atom is 0.337 e. The van der Waals surface area contributed by atoms with Crippen LogP contribution in [-0.2, 0) is 14.8 Å². The van der Waals surface area contributed by atoms with Crippen LogP contribution < -0.4 is 4.72 Å². The van der Waals surface area contributed by atoms with Crippen molar-refractivity contribution < 1.29 is 17.9 Å². The van der Waals surface area contributed by atoms with Crippen LogP contribution in [0.25, 0.3) is 0 Å². The van der Waals surface area contributed by atoms with Gasteiger partial charge in [0.05, 0.1) is 17.6 Å². The first-order chi connectivity index (χ1) is 9.99. The van der Waals surface area contributed by atoms with Crippen molar-refractivity contribution in [3.05, 3.63) is 29.8 Å². The van der Waals surface area contributed by atoms with Gasteiger partial charge in [-0.2, -0.15) is 0 Å². The van der Waals surface area contributed by atoms with Gasteiger partial charge in [-0.1, -0.05) is 12.5 Å². The van der Waals surface area contributed by atoms with Crippen LogP contribution in [0.15, 0.2) is 29.2 Å². The van der Waals surface area contributed by atoms with Gasteiger partial charge < -0.3 is 4.74 Å². The quantitative estimate of drug-likeness (QED) is 0.863.